The summed E-state index contributed by atoms with van der Waals surface area (Å²) in [4.78, 5) is 14.6. The van der Waals surface area contributed by atoms with E-state index in [1.165, 1.54) is 6.08 Å². The van der Waals surface area contributed by atoms with Crippen LogP contribution in [0, 0.1) is 0 Å². The molecule has 0 N–H and O–H groups in total. The Balaban J connectivity index is 2.11. The fraction of sp³-hybridized carbons (Fsp3) is 0.500. The maximum Gasteiger partial charge on any atom is 0.507 e. The van der Waals surface area contributed by atoms with Gasteiger partial charge in [0.25, 0.3) is 0 Å². The average molecular weight is 396 g/mol. The van der Waals surface area contributed by atoms with E-state index in [0.29, 0.717) is 22.9 Å². The number of hydrogen-bond donors (Lipinski definition) is 0. The summed E-state index contributed by atoms with van der Waals surface area (Å²) in [6.45, 7) is 0. The van der Waals surface area contributed by atoms with Crippen molar-refractivity contribution in [2.45, 2.75) is 43.4 Å². The summed E-state index contributed by atoms with van der Waals surface area (Å²) in [5.74, 6) is -1.04. The zero-order valence-corrected chi connectivity index (χ0v) is 13.1. The summed E-state index contributed by atoms with van der Waals surface area (Å²) in [6, 6.07) is 2.28. The number of alkyl halides is 4. The van der Waals surface area contributed by atoms with Crippen LogP contribution in [-0.2, 0) is 10.3 Å². The van der Waals surface area contributed by atoms with Crippen LogP contribution in [-0.4, -0.2) is 18.3 Å². The van der Waals surface area contributed by atoms with Crippen molar-refractivity contribution in [1.82, 2.24) is 0 Å². The number of rotatable bonds is 2. The van der Waals surface area contributed by atoms with Crippen molar-refractivity contribution in [1.29, 1.82) is 0 Å². The number of ether oxygens (including phenoxy) is 2. The molecule has 3 rings (SSSR count). The van der Waals surface area contributed by atoms with Crippen molar-refractivity contribution in [3.63, 3.8) is 0 Å². The highest BCUT2D eigenvalue weighted by atomic mass is 79.9. The van der Waals surface area contributed by atoms with E-state index in [-0.39, 0.29) is 0 Å². The first-order chi connectivity index (χ1) is 10.7. The Morgan fingerprint density at radius 1 is 1.04 bits per heavy atom. The van der Waals surface area contributed by atoms with E-state index in [2.05, 4.69) is 30.4 Å². The van der Waals surface area contributed by atoms with Crippen LogP contribution in [0.15, 0.2) is 21.6 Å². The predicted molar refractivity (Wildman–Crippen MR) is 73.6 cm³/mol. The summed E-state index contributed by atoms with van der Waals surface area (Å²) in [7, 11) is 0. The van der Waals surface area contributed by atoms with E-state index in [9.17, 15) is 22.4 Å². The zero-order chi connectivity index (χ0) is 16.9. The van der Waals surface area contributed by atoms with Crippen LogP contribution in [0.2, 0.25) is 0 Å². The van der Waals surface area contributed by atoms with Gasteiger partial charge in [-0.3, -0.25) is 0 Å². The van der Waals surface area contributed by atoms with E-state index in [0.717, 1.165) is 25.0 Å². The lowest BCUT2D eigenvalue weighted by atomic mass is 9.88. The van der Waals surface area contributed by atoms with Gasteiger partial charge in [0.1, 0.15) is 0 Å². The molecular weight excluding hydrogens is 386 g/mol. The molecule has 0 radical (unpaired) electrons. The molecule has 23 heavy (non-hydrogen) atoms. The molecule has 1 aliphatic carbocycles. The van der Waals surface area contributed by atoms with Gasteiger partial charge in [-0.1, -0.05) is 28.8 Å². The largest absolute Gasteiger partial charge is 0.507 e. The van der Waals surface area contributed by atoms with Crippen LogP contribution in [0.5, 0.6) is 11.5 Å². The van der Waals surface area contributed by atoms with Crippen LogP contribution in [0.4, 0.5) is 17.6 Å². The van der Waals surface area contributed by atoms with Gasteiger partial charge in [0.2, 0.25) is 6.08 Å². The third-order valence-electron chi connectivity index (χ3n) is 4.04. The first-order valence-corrected chi connectivity index (χ1v) is 7.57. The number of aliphatic imine (C=N–C) groups is 1. The fourth-order valence-corrected chi connectivity index (χ4v) is 3.63. The van der Waals surface area contributed by atoms with Crippen LogP contribution in [0.3, 0.4) is 0 Å². The van der Waals surface area contributed by atoms with Crippen molar-refractivity contribution >= 4 is 22.0 Å². The molecule has 0 aromatic heterocycles. The lowest BCUT2D eigenvalue weighted by Gasteiger charge is -2.33. The molecule has 4 nitrogen and oxygen atoms in total. The Labute approximate surface area is 136 Å². The van der Waals surface area contributed by atoms with Crippen LogP contribution in [0.1, 0.15) is 31.2 Å². The second-order valence-electron chi connectivity index (χ2n) is 5.46. The zero-order valence-electron chi connectivity index (χ0n) is 11.5. The van der Waals surface area contributed by atoms with Gasteiger partial charge in [0.05, 0.1) is 5.54 Å². The molecule has 9 heteroatoms. The maximum absolute atomic E-state index is 13.3. The summed E-state index contributed by atoms with van der Waals surface area (Å²) >= 11 is 3.20. The Hall–Kier alpha value is -1.60. The molecule has 1 saturated carbocycles. The van der Waals surface area contributed by atoms with Crippen molar-refractivity contribution in [2.24, 2.45) is 4.99 Å². The number of hydrogen-bond acceptors (Lipinski definition) is 4. The molecule has 0 amide bonds. The number of benzene rings is 1. The van der Waals surface area contributed by atoms with Gasteiger partial charge in [0.15, 0.2) is 11.5 Å². The molecule has 124 valence electrons. The predicted octanol–water partition coefficient (Wildman–Crippen LogP) is 4.51. The highest BCUT2D eigenvalue weighted by Gasteiger charge is 2.66. The molecule has 1 aromatic carbocycles. The van der Waals surface area contributed by atoms with E-state index < -0.39 is 29.3 Å². The van der Waals surface area contributed by atoms with Gasteiger partial charge in [-0.15, -0.1) is 0 Å². The minimum atomic E-state index is -4.79. The van der Waals surface area contributed by atoms with Crippen molar-refractivity contribution < 1.29 is 31.8 Å². The summed E-state index contributed by atoms with van der Waals surface area (Å²) in [6.07, 6.45) is -5.44. The van der Waals surface area contributed by atoms with Gasteiger partial charge in [-0.2, -0.15) is 22.6 Å². The van der Waals surface area contributed by atoms with Crippen LogP contribution in [0.25, 0.3) is 0 Å². The molecule has 0 unspecified atom stereocenters. The molecule has 1 aromatic rings. The van der Waals surface area contributed by atoms with Crippen molar-refractivity contribution in [3.05, 3.63) is 22.2 Å². The summed E-state index contributed by atoms with van der Waals surface area (Å²) in [5, 5.41) is 0. The Morgan fingerprint density at radius 3 is 2.09 bits per heavy atom. The van der Waals surface area contributed by atoms with Crippen LogP contribution < -0.4 is 9.47 Å². The van der Waals surface area contributed by atoms with Gasteiger partial charge >= 0.3 is 12.2 Å². The number of nitrogens with zero attached hydrogens (tertiary/aromatic N) is 1. The molecule has 1 fully saturated rings. The normalized spacial score (nSPS) is 23.2. The molecule has 1 heterocycles. The van der Waals surface area contributed by atoms with Crippen LogP contribution >= 0.6 is 15.9 Å². The van der Waals surface area contributed by atoms with E-state index >= 15 is 0 Å². The minimum absolute atomic E-state index is 0.321. The molecular formula is C14H10BrF4NO3. The van der Waals surface area contributed by atoms with Gasteiger partial charge < -0.3 is 9.47 Å². The highest BCUT2D eigenvalue weighted by Crippen LogP contribution is 2.52. The smallest absolute Gasteiger partial charge is 0.421 e. The minimum Gasteiger partial charge on any atom is -0.421 e. The van der Waals surface area contributed by atoms with E-state index in [4.69, 9.17) is 0 Å². The Kier molecular flexibility index (Phi) is 3.68. The van der Waals surface area contributed by atoms with Crippen molar-refractivity contribution in [2.75, 3.05) is 0 Å². The quantitative estimate of drug-likeness (QED) is 0.420. The van der Waals surface area contributed by atoms with Gasteiger partial charge in [0, 0.05) is 4.47 Å². The molecule has 0 saturated heterocycles. The molecule has 0 atom stereocenters. The SMILES string of the molecule is O=C=NC1(c2cc3c(cc2Br)OC(F)(F)C(F)(F)O3)CCCC1. The lowest BCUT2D eigenvalue weighted by Crippen LogP contribution is -2.52. The molecule has 0 spiro atoms. The molecule has 2 aliphatic rings. The summed E-state index contributed by atoms with van der Waals surface area (Å²) < 4.78 is 61.6. The number of isocyanates is 1. The Bertz CT molecular complexity index is 698. The van der Waals surface area contributed by atoms with E-state index in [1.54, 1.807) is 0 Å². The standard InChI is InChI=1S/C14H10BrF4NO3/c15-9-6-11-10(22-13(16,17)14(18,19)23-11)5-8(9)12(20-7-21)3-1-2-4-12/h5-6H,1-4H2. The van der Waals surface area contributed by atoms with Crippen molar-refractivity contribution in [3.8, 4) is 11.5 Å². The van der Waals surface area contributed by atoms with E-state index in [1.807, 2.05) is 0 Å². The summed E-state index contributed by atoms with van der Waals surface area (Å²) in [5.41, 5.74) is -0.518. The van der Waals surface area contributed by atoms with Gasteiger partial charge in [-0.05, 0) is 30.5 Å². The second-order valence-corrected chi connectivity index (χ2v) is 6.31. The molecule has 1 aliphatic heterocycles. The number of carbonyl (C=O) groups excluding carboxylic acids is 1. The molecule has 0 bridgehead atoms. The number of fused-ring (bicyclic) bond motifs is 1. The fourth-order valence-electron chi connectivity index (χ4n) is 2.93. The first kappa shape index (κ1) is 16.3. The number of halogens is 5. The third kappa shape index (κ3) is 2.52. The third-order valence-corrected chi connectivity index (χ3v) is 4.70. The second kappa shape index (κ2) is 5.21. The van der Waals surface area contributed by atoms with Gasteiger partial charge in [-0.25, -0.2) is 4.79 Å². The topological polar surface area (TPSA) is 47.9 Å². The lowest BCUT2D eigenvalue weighted by molar-refractivity contribution is -0.391. The first-order valence-electron chi connectivity index (χ1n) is 6.77. The highest BCUT2D eigenvalue weighted by molar-refractivity contribution is 9.10. The Morgan fingerprint density at radius 2 is 1.57 bits per heavy atom. The maximum atomic E-state index is 13.3. The monoisotopic (exact) mass is 395 g/mol. The average Bonchev–Trinajstić information content (AvgIpc) is 2.89.